The van der Waals surface area contributed by atoms with E-state index in [1.54, 1.807) is 19.2 Å². The molecule has 1 fully saturated rings. The number of amides is 1. The van der Waals surface area contributed by atoms with E-state index in [1.165, 1.54) is 9.96 Å². The maximum atomic E-state index is 11.9. The molecule has 0 aliphatic carbocycles. The van der Waals surface area contributed by atoms with Crippen molar-refractivity contribution in [1.82, 2.24) is 5.06 Å². The largest absolute Gasteiger partial charge is 0.271 e. The van der Waals surface area contributed by atoms with Gasteiger partial charge in [-0.3, -0.25) is 14.5 Å². The SMILES string of the molecule is Cc1ccc(Cl)cc1N1C(=O)CON(C)C1=S. The second-order valence-corrected chi connectivity index (χ2v) is 4.52. The van der Waals surface area contributed by atoms with Gasteiger partial charge in [-0.2, -0.15) is 0 Å². The Labute approximate surface area is 110 Å². The molecule has 90 valence electrons. The van der Waals surface area contributed by atoms with E-state index in [0.717, 1.165) is 5.56 Å². The Morgan fingerprint density at radius 2 is 2.18 bits per heavy atom. The third-order valence-electron chi connectivity index (χ3n) is 2.50. The van der Waals surface area contributed by atoms with Crippen LogP contribution in [0, 0.1) is 6.92 Å². The summed E-state index contributed by atoms with van der Waals surface area (Å²) in [5, 5.41) is 2.28. The van der Waals surface area contributed by atoms with Crippen LogP contribution in [0.5, 0.6) is 0 Å². The van der Waals surface area contributed by atoms with Crippen LogP contribution in [0.15, 0.2) is 18.2 Å². The van der Waals surface area contributed by atoms with Crippen molar-refractivity contribution in [2.24, 2.45) is 0 Å². The number of hydrogen-bond donors (Lipinski definition) is 0. The number of hydrogen-bond acceptors (Lipinski definition) is 3. The Kier molecular flexibility index (Phi) is 3.33. The molecule has 0 aromatic heterocycles. The van der Waals surface area contributed by atoms with Gasteiger partial charge in [0, 0.05) is 12.1 Å². The van der Waals surface area contributed by atoms with Crippen LogP contribution in [0.25, 0.3) is 0 Å². The molecule has 1 saturated heterocycles. The minimum atomic E-state index is -0.196. The van der Waals surface area contributed by atoms with Crippen molar-refractivity contribution < 1.29 is 9.63 Å². The van der Waals surface area contributed by atoms with Gasteiger partial charge in [0.1, 0.15) is 0 Å². The van der Waals surface area contributed by atoms with E-state index < -0.39 is 0 Å². The molecular formula is C11H11ClN2O2S. The van der Waals surface area contributed by atoms with Gasteiger partial charge >= 0.3 is 0 Å². The number of halogens is 1. The molecule has 6 heteroatoms. The smallest absolute Gasteiger partial charge is 0.262 e. The molecule has 1 aliphatic heterocycles. The Hall–Kier alpha value is -1.17. The number of aryl methyl sites for hydroxylation is 1. The zero-order valence-corrected chi connectivity index (χ0v) is 11.0. The summed E-state index contributed by atoms with van der Waals surface area (Å²) in [5.74, 6) is -0.196. The Balaban J connectivity index is 2.46. The lowest BCUT2D eigenvalue weighted by Crippen LogP contribution is -2.52. The van der Waals surface area contributed by atoms with Gasteiger partial charge in [-0.1, -0.05) is 17.7 Å². The molecule has 1 amide bonds. The fraction of sp³-hybridized carbons (Fsp3) is 0.273. The zero-order chi connectivity index (χ0) is 12.6. The summed E-state index contributed by atoms with van der Waals surface area (Å²) in [6.07, 6.45) is 0. The monoisotopic (exact) mass is 270 g/mol. The molecule has 1 aromatic carbocycles. The van der Waals surface area contributed by atoms with E-state index in [1.807, 2.05) is 13.0 Å². The average molecular weight is 271 g/mol. The average Bonchev–Trinajstić information content (AvgIpc) is 2.29. The predicted octanol–water partition coefficient (Wildman–Crippen LogP) is 2.14. The number of rotatable bonds is 1. The van der Waals surface area contributed by atoms with Crippen LogP contribution < -0.4 is 4.90 Å². The summed E-state index contributed by atoms with van der Waals surface area (Å²) < 4.78 is 0. The van der Waals surface area contributed by atoms with Gasteiger partial charge in [0.25, 0.3) is 5.91 Å². The van der Waals surface area contributed by atoms with Crippen LogP contribution in [0.4, 0.5) is 5.69 Å². The van der Waals surface area contributed by atoms with E-state index in [9.17, 15) is 4.79 Å². The number of carbonyl (C=O) groups is 1. The van der Waals surface area contributed by atoms with Crippen molar-refractivity contribution in [3.63, 3.8) is 0 Å². The molecule has 0 N–H and O–H groups in total. The maximum absolute atomic E-state index is 11.9. The fourth-order valence-corrected chi connectivity index (χ4v) is 2.00. The van der Waals surface area contributed by atoms with E-state index >= 15 is 0 Å². The molecule has 0 unspecified atom stereocenters. The highest BCUT2D eigenvalue weighted by molar-refractivity contribution is 7.80. The summed E-state index contributed by atoms with van der Waals surface area (Å²) in [4.78, 5) is 18.4. The second-order valence-electron chi connectivity index (χ2n) is 3.71. The minimum absolute atomic E-state index is 0.0252. The first kappa shape index (κ1) is 12.3. The first-order chi connectivity index (χ1) is 8.00. The molecule has 1 heterocycles. The number of carbonyl (C=O) groups excluding carboxylic acids is 1. The van der Waals surface area contributed by atoms with Crippen molar-refractivity contribution in [3.05, 3.63) is 28.8 Å². The maximum Gasteiger partial charge on any atom is 0.262 e. The van der Waals surface area contributed by atoms with E-state index in [0.29, 0.717) is 15.8 Å². The van der Waals surface area contributed by atoms with Gasteiger partial charge in [-0.15, -0.1) is 0 Å². The summed E-state index contributed by atoms with van der Waals surface area (Å²) in [5.41, 5.74) is 1.63. The molecule has 0 atom stereocenters. The Bertz CT molecular complexity index is 492. The third-order valence-corrected chi connectivity index (χ3v) is 3.18. The number of benzene rings is 1. The molecule has 17 heavy (non-hydrogen) atoms. The molecule has 0 saturated carbocycles. The van der Waals surface area contributed by atoms with Crippen LogP contribution in [-0.4, -0.2) is 29.7 Å². The molecule has 0 radical (unpaired) electrons. The number of hydroxylamine groups is 2. The van der Waals surface area contributed by atoms with Crippen molar-refractivity contribution in [2.45, 2.75) is 6.92 Å². The van der Waals surface area contributed by atoms with Gasteiger partial charge < -0.3 is 0 Å². The highest BCUT2D eigenvalue weighted by atomic mass is 35.5. The Morgan fingerprint density at radius 3 is 2.88 bits per heavy atom. The fourth-order valence-electron chi connectivity index (χ4n) is 1.58. The van der Waals surface area contributed by atoms with Crippen molar-refractivity contribution >= 4 is 40.5 Å². The van der Waals surface area contributed by atoms with Crippen LogP contribution in [0.3, 0.4) is 0 Å². The number of thiocarbonyl (C=S) groups is 1. The van der Waals surface area contributed by atoms with Crippen molar-refractivity contribution in [2.75, 3.05) is 18.6 Å². The predicted molar refractivity (Wildman–Crippen MR) is 70.0 cm³/mol. The van der Waals surface area contributed by atoms with Gasteiger partial charge in [-0.05, 0) is 36.8 Å². The molecule has 4 nitrogen and oxygen atoms in total. The molecule has 0 bridgehead atoms. The summed E-state index contributed by atoms with van der Waals surface area (Å²) in [7, 11) is 1.67. The van der Waals surface area contributed by atoms with E-state index in [2.05, 4.69) is 0 Å². The third kappa shape index (κ3) is 2.26. The van der Waals surface area contributed by atoms with E-state index in [-0.39, 0.29) is 12.5 Å². The van der Waals surface area contributed by atoms with Crippen LogP contribution >= 0.6 is 23.8 Å². The number of anilines is 1. The van der Waals surface area contributed by atoms with Crippen LogP contribution in [-0.2, 0) is 9.63 Å². The lowest BCUT2D eigenvalue weighted by molar-refractivity contribution is -0.142. The standard InChI is InChI=1S/C11H11ClN2O2S/c1-7-3-4-8(12)5-9(7)14-10(15)6-16-13(2)11(14)17/h3-5H,6H2,1-2H3. The minimum Gasteiger partial charge on any atom is -0.271 e. The lowest BCUT2D eigenvalue weighted by Gasteiger charge is -2.34. The van der Waals surface area contributed by atoms with Gasteiger partial charge in [0.2, 0.25) is 5.11 Å². The van der Waals surface area contributed by atoms with Crippen molar-refractivity contribution in [1.29, 1.82) is 0 Å². The molecule has 1 aliphatic rings. The molecular weight excluding hydrogens is 260 g/mol. The van der Waals surface area contributed by atoms with Crippen LogP contribution in [0.2, 0.25) is 5.02 Å². The van der Waals surface area contributed by atoms with Gasteiger partial charge in [0.05, 0.1) is 5.69 Å². The van der Waals surface area contributed by atoms with E-state index in [4.69, 9.17) is 28.7 Å². The second kappa shape index (κ2) is 4.60. The first-order valence-corrected chi connectivity index (χ1v) is 5.79. The lowest BCUT2D eigenvalue weighted by atomic mass is 10.2. The van der Waals surface area contributed by atoms with Crippen molar-refractivity contribution in [3.8, 4) is 0 Å². The summed E-state index contributed by atoms with van der Waals surface area (Å²) >= 11 is 11.1. The zero-order valence-electron chi connectivity index (χ0n) is 9.44. The van der Waals surface area contributed by atoms with Crippen LogP contribution in [0.1, 0.15) is 5.56 Å². The Morgan fingerprint density at radius 1 is 1.47 bits per heavy atom. The summed E-state index contributed by atoms with van der Waals surface area (Å²) in [6.45, 7) is 1.87. The molecule has 2 rings (SSSR count). The molecule has 0 spiro atoms. The first-order valence-electron chi connectivity index (χ1n) is 5.00. The summed E-state index contributed by atoms with van der Waals surface area (Å²) in [6, 6.07) is 5.35. The quantitative estimate of drug-likeness (QED) is 0.732. The topological polar surface area (TPSA) is 32.8 Å². The highest BCUT2D eigenvalue weighted by Gasteiger charge is 2.30. The highest BCUT2D eigenvalue weighted by Crippen LogP contribution is 2.26. The number of nitrogens with zero attached hydrogens (tertiary/aromatic N) is 2. The normalized spacial score (nSPS) is 16.6. The van der Waals surface area contributed by atoms with Gasteiger partial charge in [-0.25, -0.2) is 5.06 Å². The van der Waals surface area contributed by atoms with Gasteiger partial charge in [0.15, 0.2) is 6.61 Å². The molecule has 1 aromatic rings.